The first-order chi connectivity index (χ1) is 22.1. The van der Waals surface area contributed by atoms with E-state index in [1.165, 1.54) is 25.1 Å². The molecule has 46 heavy (non-hydrogen) atoms. The molecule has 2 aliphatic heterocycles. The lowest BCUT2D eigenvalue weighted by molar-refractivity contribution is -0.132. The van der Waals surface area contributed by atoms with Crippen LogP contribution in [-0.2, 0) is 22.6 Å². The predicted octanol–water partition coefficient (Wildman–Crippen LogP) is 5.93. The van der Waals surface area contributed by atoms with Gasteiger partial charge in [-0.25, -0.2) is 17.6 Å². The van der Waals surface area contributed by atoms with Gasteiger partial charge < -0.3 is 19.9 Å². The molecular formula is C35H34F5N3O3. The van der Waals surface area contributed by atoms with Crippen LogP contribution in [0.15, 0.2) is 60.2 Å². The molecule has 0 radical (unpaired) electrons. The van der Waals surface area contributed by atoms with Gasteiger partial charge in [-0.05, 0) is 73.1 Å². The fourth-order valence-corrected chi connectivity index (χ4v) is 6.35. The Morgan fingerprint density at radius 2 is 1.61 bits per heavy atom. The number of benzene rings is 3. The van der Waals surface area contributed by atoms with E-state index in [4.69, 9.17) is 4.74 Å². The van der Waals surface area contributed by atoms with Crippen molar-refractivity contribution in [2.24, 2.45) is 0 Å². The minimum atomic E-state index is -1.36. The number of aryl methyl sites for hydroxylation is 1. The molecule has 11 heteroatoms. The Morgan fingerprint density at radius 1 is 0.913 bits per heavy atom. The monoisotopic (exact) mass is 639 g/mol. The summed E-state index contributed by atoms with van der Waals surface area (Å²) in [6.07, 6.45) is 2.89. The molecule has 1 unspecified atom stereocenters. The van der Waals surface area contributed by atoms with Crippen LogP contribution in [0.2, 0.25) is 0 Å². The predicted molar refractivity (Wildman–Crippen MR) is 161 cm³/mol. The number of carbonyl (C=O) groups excluding carboxylic acids is 2. The van der Waals surface area contributed by atoms with Crippen molar-refractivity contribution in [3.8, 4) is 5.75 Å². The highest BCUT2D eigenvalue weighted by Crippen LogP contribution is 2.38. The number of rotatable bonds is 10. The minimum Gasteiger partial charge on any atom is -0.488 e. The molecule has 1 saturated heterocycles. The van der Waals surface area contributed by atoms with Crippen molar-refractivity contribution in [1.82, 2.24) is 15.1 Å². The van der Waals surface area contributed by atoms with E-state index in [0.717, 1.165) is 35.6 Å². The Bertz CT molecular complexity index is 1650. The number of nitrogens with zero attached hydrogens (tertiary/aromatic N) is 2. The SMILES string of the molecule is CC(=O)N1CC2CC(c3ccc(CCCOc4c(F)ccc(F)c4F)cc3)=C(C(=O)N(Cc3c(F)cccc3F)C3CC3)[C@@H](C1)N2. The van der Waals surface area contributed by atoms with Crippen LogP contribution in [0, 0.1) is 29.1 Å². The van der Waals surface area contributed by atoms with E-state index < -0.39 is 40.9 Å². The van der Waals surface area contributed by atoms with Crippen LogP contribution in [0.3, 0.4) is 0 Å². The van der Waals surface area contributed by atoms with Crippen molar-refractivity contribution in [3.63, 3.8) is 0 Å². The summed E-state index contributed by atoms with van der Waals surface area (Å²) in [4.78, 5) is 30.0. The van der Waals surface area contributed by atoms with Crippen LogP contribution in [0.1, 0.15) is 49.3 Å². The quantitative estimate of drug-likeness (QED) is 0.170. The van der Waals surface area contributed by atoms with E-state index in [-0.39, 0.29) is 42.6 Å². The maximum atomic E-state index is 14.7. The van der Waals surface area contributed by atoms with Gasteiger partial charge in [0.15, 0.2) is 17.4 Å². The number of carbonyl (C=O) groups is 2. The second-order valence-corrected chi connectivity index (χ2v) is 12.1. The summed E-state index contributed by atoms with van der Waals surface area (Å²) in [5, 5.41) is 3.50. The zero-order valence-electron chi connectivity index (χ0n) is 25.3. The Kier molecular flexibility index (Phi) is 9.13. The molecule has 0 spiro atoms. The largest absolute Gasteiger partial charge is 0.488 e. The van der Waals surface area contributed by atoms with Gasteiger partial charge in [0.1, 0.15) is 11.6 Å². The van der Waals surface area contributed by atoms with Gasteiger partial charge in [-0.1, -0.05) is 30.3 Å². The highest BCUT2D eigenvalue weighted by Gasteiger charge is 2.43. The maximum absolute atomic E-state index is 14.7. The number of nitrogens with one attached hydrogen (secondary N) is 1. The molecule has 242 valence electrons. The van der Waals surface area contributed by atoms with Gasteiger partial charge >= 0.3 is 0 Å². The van der Waals surface area contributed by atoms with Gasteiger partial charge in [0.05, 0.1) is 19.2 Å². The van der Waals surface area contributed by atoms with Crippen LogP contribution in [-0.4, -0.2) is 59.4 Å². The van der Waals surface area contributed by atoms with Crippen molar-refractivity contribution in [3.05, 3.63) is 106 Å². The first-order valence-electron chi connectivity index (χ1n) is 15.4. The third-order valence-corrected chi connectivity index (χ3v) is 8.88. The molecule has 1 saturated carbocycles. The van der Waals surface area contributed by atoms with Crippen LogP contribution >= 0.6 is 0 Å². The molecule has 2 amide bonds. The lowest BCUT2D eigenvalue weighted by Crippen LogP contribution is -2.61. The molecule has 1 N–H and O–H groups in total. The van der Waals surface area contributed by atoms with Crippen molar-refractivity contribution >= 4 is 17.4 Å². The summed E-state index contributed by atoms with van der Waals surface area (Å²) in [6, 6.07) is 12.1. The number of ether oxygens (including phenoxy) is 1. The van der Waals surface area contributed by atoms with E-state index in [2.05, 4.69) is 5.32 Å². The standard InChI is InChI=1S/C35H34F5N3O3/c1-20(44)42-17-23-16-25(22-9-7-21(8-10-22)4-3-15-46-34-30(39)14-13-29(38)33(34)40)32(31(19-42)41-23)35(45)43(24-11-12-24)18-26-27(36)5-2-6-28(26)37/h2,5-10,13-14,23-24,31,41H,3-4,11-12,15-19H2,1H3/t23?,31-/m1/s1. The Balaban J connectivity index is 1.24. The molecule has 6 rings (SSSR count). The molecule has 3 aromatic rings. The van der Waals surface area contributed by atoms with E-state index in [0.29, 0.717) is 44.0 Å². The molecule has 1 aliphatic carbocycles. The molecule has 2 bridgehead atoms. The van der Waals surface area contributed by atoms with Crippen molar-refractivity contribution in [2.45, 2.75) is 63.7 Å². The van der Waals surface area contributed by atoms with Crippen LogP contribution in [0.5, 0.6) is 5.75 Å². The number of piperazine rings is 1. The highest BCUT2D eigenvalue weighted by atomic mass is 19.2. The molecule has 2 atom stereocenters. The summed E-state index contributed by atoms with van der Waals surface area (Å²) in [5.41, 5.74) is 2.91. The first kappa shape index (κ1) is 31.7. The van der Waals surface area contributed by atoms with Crippen molar-refractivity contribution < 1.29 is 36.3 Å². The van der Waals surface area contributed by atoms with Crippen LogP contribution < -0.4 is 10.1 Å². The maximum Gasteiger partial charge on any atom is 0.252 e. The topological polar surface area (TPSA) is 61.9 Å². The molecule has 2 heterocycles. The van der Waals surface area contributed by atoms with Crippen LogP contribution in [0.25, 0.3) is 5.57 Å². The fraction of sp³-hybridized carbons (Fsp3) is 0.371. The highest BCUT2D eigenvalue weighted by molar-refractivity contribution is 6.03. The smallest absolute Gasteiger partial charge is 0.252 e. The van der Waals surface area contributed by atoms with Gasteiger partial charge in [0, 0.05) is 43.2 Å². The molecule has 6 nitrogen and oxygen atoms in total. The second kappa shape index (κ2) is 13.2. The van der Waals surface area contributed by atoms with Gasteiger partial charge in [-0.2, -0.15) is 4.39 Å². The summed E-state index contributed by atoms with van der Waals surface area (Å²) < 4.78 is 75.7. The number of amides is 2. The zero-order valence-corrected chi connectivity index (χ0v) is 25.3. The third-order valence-electron chi connectivity index (χ3n) is 8.88. The van der Waals surface area contributed by atoms with Crippen LogP contribution in [0.4, 0.5) is 22.0 Å². The van der Waals surface area contributed by atoms with Gasteiger partial charge in [-0.15, -0.1) is 0 Å². The lowest BCUT2D eigenvalue weighted by Gasteiger charge is -2.44. The van der Waals surface area contributed by atoms with Crippen molar-refractivity contribution in [1.29, 1.82) is 0 Å². The number of hydrogen-bond donors (Lipinski definition) is 1. The number of fused-ring (bicyclic) bond motifs is 2. The molecule has 2 fully saturated rings. The van der Waals surface area contributed by atoms with E-state index in [1.54, 1.807) is 9.80 Å². The normalized spacial score (nSPS) is 19.3. The first-order valence-corrected chi connectivity index (χ1v) is 15.4. The average molecular weight is 640 g/mol. The second-order valence-electron chi connectivity index (χ2n) is 12.1. The van der Waals surface area contributed by atoms with Gasteiger partial charge in [0.2, 0.25) is 11.7 Å². The molecule has 3 aliphatic rings. The van der Waals surface area contributed by atoms with Gasteiger partial charge in [0.25, 0.3) is 5.91 Å². The molecule has 3 aromatic carbocycles. The minimum absolute atomic E-state index is 0.0237. The third kappa shape index (κ3) is 6.65. The van der Waals surface area contributed by atoms with Gasteiger partial charge in [-0.3, -0.25) is 9.59 Å². The summed E-state index contributed by atoms with van der Waals surface area (Å²) in [5.74, 6) is -6.06. The molecular weight excluding hydrogens is 605 g/mol. The summed E-state index contributed by atoms with van der Waals surface area (Å²) in [6.45, 7) is 2.07. The van der Waals surface area contributed by atoms with E-state index in [9.17, 15) is 31.5 Å². The Morgan fingerprint density at radius 3 is 2.28 bits per heavy atom. The zero-order chi connectivity index (χ0) is 32.5. The Labute approximate surface area is 263 Å². The Hall–Kier alpha value is -4.25. The summed E-state index contributed by atoms with van der Waals surface area (Å²) in [7, 11) is 0. The van der Waals surface area contributed by atoms with Crippen molar-refractivity contribution in [2.75, 3.05) is 19.7 Å². The summed E-state index contributed by atoms with van der Waals surface area (Å²) >= 11 is 0. The van der Waals surface area contributed by atoms with E-state index >= 15 is 0 Å². The number of hydrogen-bond acceptors (Lipinski definition) is 4. The van der Waals surface area contributed by atoms with E-state index in [1.807, 2.05) is 24.3 Å². The lowest BCUT2D eigenvalue weighted by atomic mass is 9.82. The average Bonchev–Trinajstić information content (AvgIpc) is 3.87. The number of halogens is 5. The molecule has 0 aromatic heterocycles. The fourth-order valence-electron chi connectivity index (χ4n) is 6.35.